The predicted molar refractivity (Wildman–Crippen MR) is 78.5 cm³/mol. The van der Waals surface area contributed by atoms with Gasteiger partial charge >= 0.3 is 6.03 Å². The first-order chi connectivity index (χ1) is 9.99. The van der Waals surface area contributed by atoms with Crippen LogP contribution < -0.4 is 11.5 Å². The smallest absolute Gasteiger partial charge is 0.323 e. The van der Waals surface area contributed by atoms with Gasteiger partial charge in [-0.05, 0) is 24.3 Å². The summed E-state index contributed by atoms with van der Waals surface area (Å²) in [6, 6.07) is 5.42. The molecule has 106 valence electrons. The van der Waals surface area contributed by atoms with Gasteiger partial charge in [-0.3, -0.25) is 9.36 Å². The number of primary amides is 1. The first kappa shape index (κ1) is 13.3. The Bertz CT molecular complexity index is 865. The molecule has 0 unspecified atom stereocenters. The van der Waals surface area contributed by atoms with E-state index in [-0.39, 0.29) is 22.8 Å². The molecule has 2 heterocycles. The number of nitrogens with two attached hydrogens (primary N) is 2. The third-order valence-corrected chi connectivity index (χ3v) is 3.35. The lowest BCUT2D eigenvalue weighted by atomic mass is 10.1. The average molecular weight is 304 g/mol. The van der Waals surface area contributed by atoms with E-state index in [1.165, 1.54) is 30.7 Å². The topological polar surface area (TPSA) is 104 Å². The Morgan fingerprint density at radius 2 is 2.05 bits per heavy atom. The maximum absolute atomic E-state index is 12.4. The molecule has 0 aliphatic rings. The lowest BCUT2D eigenvalue weighted by Gasteiger charge is -2.02. The highest BCUT2D eigenvalue weighted by Crippen LogP contribution is 2.31. The quantitative estimate of drug-likeness (QED) is 0.561. The Morgan fingerprint density at radius 1 is 1.29 bits per heavy atom. The molecule has 3 rings (SSSR count). The summed E-state index contributed by atoms with van der Waals surface area (Å²) in [5.74, 6) is -0.244. The fourth-order valence-corrected chi connectivity index (χ4v) is 2.48. The number of carbonyl (C=O) groups excluding carboxylic acids is 2. The van der Waals surface area contributed by atoms with Gasteiger partial charge in [0.05, 0.1) is 17.3 Å². The van der Waals surface area contributed by atoms with Gasteiger partial charge in [-0.1, -0.05) is 11.6 Å². The van der Waals surface area contributed by atoms with Crippen molar-refractivity contribution in [1.29, 1.82) is 0 Å². The van der Waals surface area contributed by atoms with Gasteiger partial charge in [0.2, 0.25) is 5.78 Å². The highest BCUT2D eigenvalue weighted by atomic mass is 35.5. The van der Waals surface area contributed by atoms with E-state index in [4.69, 9.17) is 27.5 Å². The third kappa shape index (κ3) is 2.05. The summed E-state index contributed by atoms with van der Waals surface area (Å²) in [5.41, 5.74) is 12.1. The van der Waals surface area contributed by atoms with Crippen LogP contribution in [0.25, 0.3) is 10.9 Å². The van der Waals surface area contributed by atoms with E-state index in [0.29, 0.717) is 15.9 Å². The Hall–Kier alpha value is -2.73. The number of nitrogens with zero attached hydrogens (tertiary/aromatic N) is 1. The fourth-order valence-electron chi connectivity index (χ4n) is 2.25. The summed E-state index contributed by atoms with van der Waals surface area (Å²) in [6.07, 6.45) is 2.73. The number of benzene rings is 1. The van der Waals surface area contributed by atoms with Crippen molar-refractivity contribution in [3.63, 3.8) is 0 Å². The van der Waals surface area contributed by atoms with Crippen molar-refractivity contribution in [3.05, 3.63) is 53.1 Å². The lowest BCUT2D eigenvalue weighted by molar-refractivity contribution is 0.101. The molecule has 0 radical (unpaired) electrons. The van der Waals surface area contributed by atoms with Crippen LogP contribution in [0, 0.1) is 0 Å². The summed E-state index contributed by atoms with van der Waals surface area (Å²) >= 11 is 5.94. The minimum atomic E-state index is -0.736. The zero-order valence-corrected chi connectivity index (χ0v) is 11.4. The van der Waals surface area contributed by atoms with Crippen LogP contribution in [-0.2, 0) is 0 Å². The van der Waals surface area contributed by atoms with Gasteiger partial charge in [0.25, 0.3) is 0 Å². The number of hydrogen-bond acceptors (Lipinski definition) is 4. The lowest BCUT2D eigenvalue weighted by Crippen LogP contribution is -2.18. The fraction of sp³-hybridized carbons (Fsp3) is 0. The van der Waals surface area contributed by atoms with E-state index in [0.717, 1.165) is 4.57 Å². The highest BCUT2D eigenvalue weighted by Gasteiger charge is 2.22. The van der Waals surface area contributed by atoms with E-state index in [2.05, 4.69) is 0 Å². The Morgan fingerprint density at radius 3 is 2.67 bits per heavy atom. The van der Waals surface area contributed by atoms with Crippen molar-refractivity contribution in [1.82, 2.24) is 4.57 Å². The number of aromatic nitrogens is 1. The van der Waals surface area contributed by atoms with Crippen molar-refractivity contribution >= 4 is 40.0 Å². The standard InChI is InChI=1S/C14H10ClN3O3/c15-7-4-9(16)12-8(13(19)11-2-1-3-21-11)6-18(14(17)20)10(12)5-7/h1-6H,16H2,(H2,17,20). The number of hydrogen-bond donors (Lipinski definition) is 2. The number of fused-ring (bicyclic) bond motifs is 1. The molecule has 1 aromatic carbocycles. The molecule has 0 fully saturated rings. The molecule has 3 aromatic rings. The van der Waals surface area contributed by atoms with Crippen LogP contribution in [0.5, 0.6) is 0 Å². The summed E-state index contributed by atoms with van der Waals surface area (Å²) < 4.78 is 6.22. The molecule has 6 nitrogen and oxygen atoms in total. The van der Waals surface area contributed by atoms with Crippen LogP contribution in [0.4, 0.5) is 10.5 Å². The van der Waals surface area contributed by atoms with Crippen LogP contribution in [0.2, 0.25) is 5.02 Å². The van der Waals surface area contributed by atoms with E-state index in [1.54, 1.807) is 6.07 Å². The zero-order chi connectivity index (χ0) is 15.1. The van der Waals surface area contributed by atoms with Gasteiger partial charge in [-0.25, -0.2) is 4.79 Å². The molecule has 21 heavy (non-hydrogen) atoms. The Labute approximate surface area is 123 Å². The minimum absolute atomic E-state index is 0.146. The normalized spacial score (nSPS) is 10.9. The number of amides is 1. The second kappa shape index (κ2) is 4.68. The van der Waals surface area contributed by atoms with Gasteiger partial charge in [0.15, 0.2) is 5.76 Å². The molecule has 0 saturated heterocycles. The predicted octanol–water partition coefficient (Wildman–Crippen LogP) is 2.63. The number of carbonyl (C=O) groups is 2. The third-order valence-electron chi connectivity index (χ3n) is 3.13. The molecular formula is C14H10ClN3O3. The summed E-state index contributed by atoms with van der Waals surface area (Å²) in [6.45, 7) is 0. The van der Waals surface area contributed by atoms with Crippen molar-refractivity contribution in [2.24, 2.45) is 5.73 Å². The van der Waals surface area contributed by atoms with Gasteiger partial charge in [0.1, 0.15) is 0 Å². The summed E-state index contributed by atoms with van der Waals surface area (Å²) in [4.78, 5) is 24.0. The minimum Gasteiger partial charge on any atom is -0.461 e. The van der Waals surface area contributed by atoms with Gasteiger partial charge in [-0.15, -0.1) is 0 Å². The van der Waals surface area contributed by atoms with Crippen molar-refractivity contribution < 1.29 is 14.0 Å². The number of ketones is 1. The molecule has 0 aliphatic heterocycles. The molecule has 7 heteroatoms. The van der Waals surface area contributed by atoms with E-state index >= 15 is 0 Å². The number of halogens is 1. The summed E-state index contributed by atoms with van der Waals surface area (Å²) in [5, 5.41) is 0.761. The van der Waals surface area contributed by atoms with Gasteiger partial charge in [-0.2, -0.15) is 0 Å². The van der Waals surface area contributed by atoms with Crippen LogP contribution >= 0.6 is 11.6 Å². The summed E-state index contributed by atoms with van der Waals surface area (Å²) in [7, 11) is 0. The van der Waals surface area contributed by atoms with Gasteiger partial charge < -0.3 is 15.9 Å². The maximum atomic E-state index is 12.4. The second-order valence-corrected chi connectivity index (χ2v) is 4.88. The number of furan rings is 1. The monoisotopic (exact) mass is 303 g/mol. The van der Waals surface area contributed by atoms with Crippen molar-refractivity contribution in [3.8, 4) is 0 Å². The van der Waals surface area contributed by atoms with E-state index in [1.807, 2.05) is 0 Å². The molecule has 0 atom stereocenters. The number of rotatable bonds is 2. The molecule has 0 spiro atoms. The van der Waals surface area contributed by atoms with Crippen LogP contribution in [0.3, 0.4) is 0 Å². The Balaban J connectivity index is 2.33. The van der Waals surface area contributed by atoms with E-state index < -0.39 is 6.03 Å². The van der Waals surface area contributed by atoms with Crippen molar-refractivity contribution in [2.75, 3.05) is 5.73 Å². The maximum Gasteiger partial charge on any atom is 0.323 e. The largest absolute Gasteiger partial charge is 0.461 e. The molecule has 0 bridgehead atoms. The second-order valence-electron chi connectivity index (χ2n) is 4.45. The SMILES string of the molecule is NC(=O)n1cc(C(=O)c2ccco2)c2c(N)cc(Cl)cc21. The van der Waals surface area contributed by atoms with Gasteiger partial charge in [0, 0.05) is 22.3 Å². The molecule has 1 amide bonds. The van der Waals surface area contributed by atoms with E-state index in [9.17, 15) is 9.59 Å². The average Bonchev–Trinajstić information content (AvgIpc) is 3.04. The first-order valence-corrected chi connectivity index (χ1v) is 6.35. The Kier molecular flexibility index (Phi) is 2.95. The molecule has 4 N–H and O–H groups in total. The zero-order valence-electron chi connectivity index (χ0n) is 10.7. The molecule has 0 saturated carbocycles. The first-order valence-electron chi connectivity index (χ1n) is 5.97. The van der Waals surface area contributed by atoms with Crippen LogP contribution in [0.1, 0.15) is 16.1 Å². The van der Waals surface area contributed by atoms with Crippen LogP contribution in [0.15, 0.2) is 41.1 Å². The molecule has 0 aliphatic carbocycles. The number of nitrogen functional groups attached to an aromatic ring is 1. The highest BCUT2D eigenvalue weighted by molar-refractivity contribution is 6.32. The molecular weight excluding hydrogens is 294 g/mol. The number of anilines is 1. The van der Waals surface area contributed by atoms with Crippen molar-refractivity contribution in [2.45, 2.75) is 0 Å². The van der Waals surface area contributed by atoms with Crippen LogP contribution in [-0.4, -0.2) is 16.4 Å². The molecule has 2 aromatic heterocycles.